The van der Waals surface area contributed by atoms with Crippen LogP contribution >= 0.6 is 22.9 Å². The number of thiophene rings is 1. The van der Waals surface area contributed by atoms with Gasteiger partial charge in [0.2, 0.25) is 5.43 Å². The molecule has 0 fully saturated rings. The number of ether oxygens (including phenoxy) is 1. The van der Waals surface area contributed by atoms with Gasteiger partial charge in [-0.15, -0.1) is 11.3 Å². The van der Waals surface area contributed by atoms with E-state index in [-0.39, 0.29) is 17.6 Å². The minimum atomic E-state index is -0.532. The molecule has 32 heavy (non-hydrogen) atoms. The van der Waals surface area contributed by atoms with Gasteiger partial charge in [-0.2, -0.15) is 0 Å². The summed E-state index contributed by atoms with van der Waals surface area (Å²) in [5, 5.41) is 4.31. The van der Waals surface area contributed by atoms with Crippen LogP contribution in [0.3, 0.4) is 0 Å². The van der Waals surface area contributed by atoms with E-state index in [0.717, 1.165) is 47.2 Å². The van der Waals surface area contributed by atoms with Crippen molar-refractivity contribution in [3.8, 4) is 0 Å². The molecule has 0 radical (unpaired) electrons. The zero-order valence-electron chi connectivity index (χ0n) is 18.3. The number of anilines is 1. The Morgan fingerprint density at radius 2 is 1.97 bits per heavy atom. The fraction of sp³-hybridized carbons (Fsp3) is 0.375. The number of carbonyl (C=O) groups excluding carboxylic acids is 2. The van der Waals surface area contributed by atoms with E-state index in [9.17, 15) is 14.4 Å². The number of carbonyl (C=O) groups is 2. The molecule has 0 saturated carbocycles. The number of halogens is 1. The van der Waals surface area contributed by atoms with Crippen LogP contribution in [0.1, 0.15) is 63.4 Å². The Morgan fingerprint density at radius 3 is 2.69 bits per heavy atom. The highest BCUT2D eigenvalue weighted by atomic mass is 35.5. The van der Waals surface area contributed by atoms with Crippen LogP contribution in [0, 0.1) is 6.92 Å². The molecule has 0 aliphatic heterocycles. The standard InChI is InChI=1S/C24H25ClN2O4S/c1-4-27-12-16(21(28)15-10-11-17(25)13(3)20(15)27)22(29)26-23-19(24(30)31-5-2)14-8-6-7-9-18(14)32-23/h10-12H,4-9H2,1-3H3,(H,26,29). The number of rotatable bonds is 5. The van der Waals surface area contributed by atoms with Crippen molar-refractivity contribution in [3.63, 3.8) is 0 Å². The fourth-order valence-corrected chi connectivity index (χ4v) is 5.73. The van der Waals surface area contributed by atoms with E-state index in [4.69, 9.17) is 16.3 Å². The monoisotopic (exact) mass is 472 g/mol. The van der Waals surface area contributed by atoms with Gasteiger partial charge in [-0.3, -0.25) is 9.59 Å². The van der Waals surface area contributed by atoms with Gasteiger partial charge in [0.25, 0.3) is 5.91 Å². The first-order chi connectivity index (χ1) is 15.4. The second-order valence-corrected chi connectivity index (χ2v) is 9.33. The fourth-order valence-electron chi connectivity index (χ4n) is 4.31. The molecular weight excluding hydrogens is 448 g/mol. The maximum absolute atomic E-state index is 13.2. The van der Waals surface area contributed by atoms with Crippen molar-refractivity contribution >= 4 is 50.7 Å². The molecule has 0 unspecified atom stereocenters. The lowest BCUT2D eigenvalue weighted by Gasteiger charge is -2.15. The summed E-state index contributed by atoms with van der Waals surface area (Å²) in [6, 6.07) is 3.33. The van der Waals surface area contributed by atoms with Crippen molar-refractivity contribution in [3.05, 3.63) is 60.7 Å². The Hall–Kier alpha value is -2.64. The number of esters is 1. The molecule has 4 rings (SSSR count). The molecular formula is C24H25ClN2O4S. The van der Waals surface area contributed by atoms with Gasteiger partial charge in [-0.25, -0.2) is 4.79 Å². The van der Waals surface area contributed by atoms with E-state index in [1.807, 2.05) is 18.4 Å². The summed E-state index contributed by atoms with van der Waals surface area (Å²) in [7, 11) is 0. The molecule has 1 aromatic carbocycles. The topological polar surface area (TPSA) is 77.4 Å². The number of hydrogen-bond acceptors (Lipinski definition) is 5. The van der Waals surface area contributed by atoms with Gasteiger partial charge in [0.05, 0.1) is 17.7 Å². The summed E-state index contributed by atoms with van der Waals surface area (Å²) in [5.41, 5.74) is 2.58. The normalized spacial score (nSPS) is 13.1. The quantitative estimate of drug-likeness (QED) is 0.507. The van der Waals surface area contributed by atoms with Crippen LogP contribution in [-0.2, 0) is 24.1 Å². The molecule has 0 saturated heterocycles. The minimum Gasteiger partial charge on any atom is -0.462 e. The Balaban J connectivity index is 1.79. The number of hydrogen-bond donors (Lipinski definition) is 1. The number of fused-ring (bicyclic) bond motifs is 2. The van der Waals surface area contributed by atoms with E-state index in [2.05, 4.69) is 5.32 Å². The van der Waals surface area contributed by atoms with Crippen LogP contribution in [0.25, 0.3) is 10.9 Å². The first-order valence-electron chi connectivity index (χ1n) is 10.8. The number of amides is 1. The molecule has 8 heteroatoms. The highest BCUT2D eigenvalue weighted by molar-refractivity contribution is 7.17. The van der Waals surface area contributed by atoms with Gasteiger partial charge >= 0.3 is 5.97 Å². The molecule has 3 aromatic rings. The SMILES string of the molecule is CCOC(=O)c1c(NC(=O)c2cn(CC)c3c(C)c(Cl)ccc3c2=O)sc2c1CCCC2. The van der Waals surface area contributed by atoms with Crippen molar-refractivity contribution in [1.29, 1.82) is 0 Å². The third kappa shape index (κ3) is 3.84. The van der Waals surface area contributed by atoms with Crippen LogP contribution in [0.5, 0.6) is 0 Å². The Morgan fingerprint density at radius 1 is 1.22 bits per heavy atom. The molecule has 6 nitrogen and oxygen atoms in total. The van der Waals surface area contributed by atoms with Crippen molar-refractivity contribution in [2.24, 2.45) is 0 Å². The molecule has 1 amide bonds. The zero-order valence-corrected chi connectivity index (χ0v) is 19.9. The first-order valence-corrected chi connectivity index (χ1v) is 12.0. The van der Waals surface area contributed by atoms with E-state index in [1.54, 1.807) is 25.3 Å². The summed E-state index contributed by atoms with van der Waals surface area (Å²) in [6.07, 6.45) is 5.28. The van der Waals surface area contributed by atoms with Crippen LogP contribution < -0.4 is 10.7 Å². The lowest BCUT2D eigenvalue weighted by atomic mass is 9.95. The maximum atomic E-state index is 13.2. The highest BCUT2D eigenvalue weighted by Gasteiger charge is 2.28. The molecule has 1 aliphatic rings. The number of pyridine rings is 1. The zero-order chi connectivity index (χ0) is 23.0. The van der Waals surface area contributed by atoms with Crippen molar-refractivity contribution in [2.45, 2.75) is 53.0 Å². The number of nitrogens with zero attached hydrogens (tertiary/aromatic N) is 1. The Labute approximate surface area is 195 Å². The van der Waals surface area contributed by atoms with Gasteiger partial charge in [-0.05, 0) is 69.7 Å². The Bertz CT molecular complexity index is 1290. The van der Waals surface area contributed by atoms with Gasteiger partial charge in [0.15, 0.2) is 0 Å². The average molecular weight is 473 g/mol. The molecule has 2 heterocycles. The van der Waals surface area contributed by atoms with Crippen LogP contribution in [0.2, 0.25) is 5.02 Å². The Kier molecular flexibility index (Phi) is 6.40. The van der Waals surface area contributed by atoms with Gasteiger partial charge in [0, 0.05) is 28.0 Å². The van der Waals surface area contributed by atoms with Crippen molar-refractivity contribution < 1.29 is 14.3 Å². The van der Waals surface area contributed by atoms with E-state index >= 15 is 0 Å². The lowest BCUT2D eigenvalue weighted by molar-refractivity contribution is 0.0526. The van der Waals surface area contributed by atoms with Gasteiger partial charge in [0.1, 0.15) is 10.6 Å². The van der Waals surface area contributed by atoms with Crippen molar-refractivity contribution in [2.75, 3.05) is 11.9 Å². The summed E-state index contributed by atoms with van der Waals surface area (Å²) in [5.74, 6) is -0.965. The van der Waals surface area contributed by atoms with E-state index < -0.39 is 11.9 Å². The van der Waals surface area contributed by atoms with Crippen molar-refractivity contribution in [1.82, 2.24) is 4.57 Å². The molecule has 168 valence electrons. The molecule has 0 spiro atoms. The second-order valence-electron chi connectivity index (χ2n) is 7.82. The first kappa shape index (κ1) is 22.6. The average Bonchev–Trinajstić information content (AvgIpc) is 3.14. The third-order valence-corrected chi connectivity index (χ3v) is 7.51. The van der Waals surface area contributed by atoms with Crippen LogP contribution in [0.15, 0.2) is 23.1 Å². The number of aryl methyl sites for hydroxylation is 3. The number of benzene rings is 1. The molecule has 2 aromatic heterocycles. The number of nitrogens with one attached hydrogen (secondary N) is 1. The van der Waals surface area contributed by atoms with Crippen LogP contribution in [0.4, 0.5) is 5.00 Å². The predicted molar refractivity (Wildman–Crippen MR) is 128 cm³/mol. The third-order valence-electron chi connectivity index (χ3n) is 5.89. The molecule has 1 N–H and O–H groups in total. The molecule has 1 aliphatic carbocycles. The highest BCUT2D eigenvalue weighted by Crippen LogP contribution is 2.38. The van der Waals surface area contributed by atoms with Gasteiger partial charge < -0.3 is 14.6 Å². The second kappa shape index (κ2) is 9.08. The molecule has 0 bridgehead atoms. The van der Waals surface area contributed by atoms with Gasteiger partial charge in [-0.1, -0.05) is 11.6 Å². The predicted octanol–water partition coefficient (Wildman–Crippen LogP) is 5.35. The lowest BCUT2D eigenvalue weighted by Crippen LogP contribution is -2.24. The van der Waals surface area contributed by atoms with E-state index in [0.29, 0.717) is 27.5 Å². The largest absolute Gasteiger partial charge is 0.462 e. The smallest absolute Gasteiger partial charge is 0.341 e. The minimum absolute atomic E-state index is 0.0299. The van der Waals surface area contributed by atoms with Crippen LogP contribution in [-0.4, -0.2) is 23.1 Å². The van der Waals surface area contributed by atoms with E-state index in [1.165, 1.54) is 11.3 Å². The summed E-state index contributed by atoms with van der Waals surface area (Å²) in [6.45, 7) is 6.38. The summed E-state index contributed by atoms with van der Waals surface area (Å²) < 4.78 is 7.12. The number of aromatic nitrogens is 1. The summed E-state index contributed by atoms with van der Waals surface area (Å²) >= 11 is 7.67. The maximum Gasteiger partial charge on any atom is 0.341 e. The molecule has 0 atom stereocenters. The summed E-state index contributed by atoms with van der Waals surface area (Å²) in [4.78, 5) is 40.2.